The maximum Gasteiger partial charge on any atom is 0.234 e. The number of thioether (sulfide) groups is 1. The number of hydrogen-bond donors (Lipinski definition) is 3. The first-order valence-corrected chi connectivity index (χ1v) is 12.2. The van der Waals surface area contributed by atoms with Crippen molar-refractivity contribution in [2.45, 2.75) is 36.9 Å². The van der Waals surface area contributed by atoms with Crippen molar-refractivity contribution in [1.82, 2.24) is 25.0 Å². The standard InChI is InChI=1S/C17H25N5O3S.C5H9NO2/c1-24-9-8-22-16(20-21-17(22)26-2)14(19-15(23)10-18)12-25-11-13-6-4-3-5-7-13;7-4-6-2-1-5(8)3-6/h3-7,14H,8-12,18H2,1-2H3,(H,19,23);4-5,8H,1-3H2. The second-order valence-electron chi connectivity index (χ2n) is 7.56. The average Bonchev–Trinajstić information content (AvgIpc) is 3.48. The molecule has 188 valence electrons. The first-order valence-electron chi connectivity index (χ1n) is 11.0. The van der Waals surface area contributed by atoms with E-state index >= 15 is 0 Å². The highest BCUT2D eigenvalue weighted by atomic mass is 32.2. The average molecular weight is 495 g/mol. The molecular formula is C22H34N6O5S. The van der Waals surface area contributed by atoms with Gasteiger partial charge in [0.1, 0.15) is 6.04 Å². The van der Waals surface area contributed by atoms with E-state index in [2.05, 4.69) is 15.5 Å². The van der Waals surface area contributed by atoms with E-state index in [1.165, 1.54) is 11.8 Å². The lowest BCUT2D eigenvalue weighted by Crippen LogP contribution is -2.37. The lowest BCUT2D eigenvalue weighted by Gasteiger charge is -2.19. The van der Waals surface area contributed by atoms with Gasteiger partial charge in [-0.3, -0.25) is 9.59 Å². The molecule has 11 nitrogen and oxygen atoms in total. The van der Waals surface area contributed by atoms with Gasteiger partial charge in [-0.05, 0) is 18.2 Å². The lowest BCUT2D eigenvalue weighted by atomic mass is 10.2. The Kier molecular flexibility index (Phi) is 12.6. The van der Waals surface area contributed by atoms with Crippen LogP contribution in [-0.2, 0) is 32.2 Å². The number of hydrogen-bond acceptors (Lipinski definition) is 9. The number of ether oxygens (including phenoxy) is 2. The summed E-state index contributed by atoms with van der Waals surface area (Å²) in [6, 6.07) is 9.40. The molecule has 3 rings (SSSR count). The number of carbonyl (C=O) groups is 2. The minimum atomic E-state index is -0.444. The summed E-state index contributed by atoms with van der Waals surface area (Å²) < 4.78 is 12.9. The number of aromatic nitrogens is 3. The number of methoxy groups -OCH3 is 1. The van der Waals surface area contributed by atoms with E-state index in [1.807, 2.05) is 41.2 Å². The Balaban J connectivity index is 0.000000430. The Hall–Kier alpha value is -2.51. The lowest BCUT2D eigenvalue weighted by molar-refractivity contribution is -0.121. The predicted molar refractivity (Wildman–Crippen MR) is 128 cm³/mol. The topological polar surface area (TPSA) is 145 Å². The zero-order valence-electron chi connectivity index (χ0n) is 19.6. The SMILES string of the molecule is COCCn1c(SC)nnc1C(COCc1ccccc1)NC(=O)CN.O=CN1CCC(O)C1. The zero-order chi connectivity index (χ0) is 24.8. The summed E-state index contributed by atoms with van der Waals surface area (Å²) in [4.78, 5) is 23.4. The number of aliphatic hydroxyl groups excluding tert-OH is 1. The van der Waals surface area contributed by atoms with Crippen LogP contribution in [0.2, 0.25) is 0 Å². The van der Waals surface area contributed by atoms with Crippen LogP contribution in [0, 0.1) is 0 Å². The molecule has 0 bridgehead atoms. The number of aliphatic hydroxyl groups is 1. The van der Waals surface area contributed by atoms with Gasteiger partial charge in [-0.25, -0.2) is 0 Å². The van der Waals surface area contributed by atoms with Gasteiger partial charge in [-0.2, -0.15) is 0 Å². The van der Waals surface area contributed by atoms with Crippen molar-refractivity contribution < 1.29 is 24.2 Å². The van der Waals surface area contributed by atoms with Crippen molar-refractivity contribution in [3.05, 3.63) is 41.7 Å². The molecule has 0 saturated carbocycles. The van der Waals surface area contributed by atoms with Crippen LogP contribution in [0.5, 0.6) is 0 Å². The number of benzene rings is 1. The molecule has 12 heteroatoms. The number of nitrogens with zero attached hydrogens (tertiary/aromatic N) is 4. The normalized spacial score (nSPS) is 16.0. The van der Waals surface area contributed by atoms with E-state index in [4.69, 9.17) is 20.3 Å². The quantitative estimate of drug-likeness (QED) is 0.278. The largest absolute Gasteiger partial charge is 0.391 e. The van der Waals surface area contributed by atoms with Crippen LogP contribution in [0.25, 0.3) is 0 Å². The van der Waals surface area contributed by atoms with Crippen molar-refractivity contribution in [3.8, 4) is 0 Å². The number of likely N-dealkylation sites (tertiary alicyclic amines) is 1. The molecule has 1 aromatic carbocycles. The molecule has 2 atom stereocenters. The molecule has 1 fully saturated rings. The van der Waals surface area contributed by atoms with E-state index in [9.17, 15) is 9.59 Å². The third-order valence-electron chi connectivity index (χ3n) is 5.02. The van der Waals surface area contributed by atoms with Gasteiger partial charge in [-0.15, -0.1) is 10.2 Å². The summed E-state index contributed by atoms with van der Waals surface area (Å²) in [6.45, 7) is 2.94. The Morgan fingerprint density at radius 3 is 2.71 bits per heavy atom. The Morgan fingerprint density at radius 1 is 1.38 bits per heavy atom. The van der Waals surface area contributed by atoms with Gasteiger partial charge in [0.25, 0.3) is 0 Å². The van der Waals surface area contributed by atoms with Crippen molar-refractivity contribution in [2.75, 3.05) is 46.2 Å². The van der Waals surface area contributed by atoms with Crippen LogP contribution in [-0.4, -0.2) is 89.4 Å². The zero-order valence-corrected chi connectivity index (χ0v) is 20.4. The first kappa shape index (κ1) is 27.7. The van der Waals surface area contributed by atoms with Crippen LogP contribution >= 0.6 is 11.8 Å². The smallest absolute Gasteiger partial charge is 0.234 e. The van der Waals surface area contributed by atoms with Crippen LogP contribution < -0.4 is 11.1 Å². The molecule has 0 aliphatic carbocycles. The molecular weight excluding hydrogens is 460 g/mol. The molecule has 2 amide bonds. The molecule has 1 aliphatic heterocycles. The fraction of sp³-hybridized carbons (Fsp3) is 0.545. The van der Waals surface area contributed by atoms with Gasteiger partial charge < -0.3 is 35.1 Å². The van der Waals surface area contributed by atoms with Crippen molar-refractivity contribution in [1.29, 1.82) is 0 Å². The molecule has 2 aromatic rings. The second kappa shape index (κ2) is 15.4. The second-order valence-corrected chi connectivity index (χ2v) is 8.33. The highest BCUT2D eigenvalue weighted by Crippen LogP contribution is 2.19. The van der Waals surface area contributed by atoms with E-state index in [-0.39, 0.29) is 25.2 Å². The summed E-state index contributed by atoms with van der Waals surface area (Å²) in [5.41, 5.74) is 6.51. The van der Waals surface area contributed by atoms with E-state index in [0.717, 1.165) is 23.6 Å². The molecule has 0 radical (unpaired) electrons. The number of rotatable bonds is 12. The highest BCUT2D eigenvalue weighted by molar-refractivity contribution is 7.98. The molecule has 1 saturated heterocycles. The van der Waals surface area contributed by atoms with Gasteiger partial charge >= 0.3 is 0 Å². The van der Waals surface area contributed by atoms with Gasteiger partial charge in [0, 0.05) is 26.7 Å². The van der Waals surface area contributed by atoms with Gasteiger partial charge in [0.05, 0.1) is 32.5 Å². The summed E-state index contributed by atoms with van der Waals surface area (Å²) in [5, 5.41) is 20.9. The number of β-amino-alcohol motifs (C(OH)–C–C–N with tert-alkyl or cyclic N) is 1. The summed E-state index contributed by atoms with van der Waals surface area (Å²) in [6.07, 6.45) is 3.16. The van der Waals surface area contributed by atoms with E-state index in [1.54, 1.807) is 12.0 Å². The van der Waals surface area contributed by atoms with Crippen molar-refractivity contribution in [3.63, 3.8) is 0 Å². The van der Waals surface area contributed by atoms with Crippen LogP contribution in [0.1, 0.15) is 23.9 Å². The molecule has 4 N–H and O–H groups in total. The van der Waals surface area contributed by atoms with Crippen LogP contribution in [0.15, 0.2) is 35.5 Å². The summed E-state index contributed by atoms with van der Waals surface area (Å²) in [7, 11) is 1.64. The first-order chi connectivity index (χ1) is 16.5. The number of nitrogens with one attached hydrogen (secondary N) is 1. The van der Waals surface area contributed by atoms with E-state index < -0.39 is 6.04 Å². The van der Waals surface area contributed by atoms with E-state index in [0.29, 0.717) is 38.7 Å². The third kappa shape index (κ3) is 9.03. The Morgan fingerprint density at radius 2 is 2.15 bits per heavy atom. The van der Waals surface area contributed by atoms with Crippen molar-refractivity contribution in [2.24, 2.45) is 5.73 Å². The fourth-order valence-electron chi connectivity index (χ4n) is 3.27. The maximum absolute atomic E-state index is 11.9. The fourth-order valence-corrected chi connectivity index (χ4v) is 3.80. The maximum atomic E-state index is 11.9. The van der Waals surface area contributed by atoms with Gasteiger partial charge in [0.15, 0.2) is 11.0 Å². The highest BCUT2D eigenvalue weighted by Gasteiger charge is 2.23. The molecule has 2 heterocycles. The minimum Gasteiger partial charge on any atom is -0.391 e. The number of nitrogens with two attached hydrogens (primary N) is 1. The minimum absolute atomic E-state index is 0.100. The van der Waals surface area contributed by atoms with Crippen LogP contribution in [0.4, 0.5) is 0 Å². The number of carbonyl (C=O) groups excluding carboxylic acids is 2. The molecule has 34 heavy (non-hydrogen) atoms. The predicted octanol–water partition coefficient (Wildman–Crippen LogP) is 0.189. The summed E-state index contributed by atoms with van der Waals surface area (Å²) in [5.74, 6) is 0.353. The Labute approximate surface area is 204 Å². The molecule has 2 unspecified atom stereocenters. The van der Waals surface area contributed by atoms with Crippen molar-refractivity contribution >= 4 is 24.1 Å². The van der Waals surface area contributed by atoms with Gasteiger partial charge in [0.2, 0.25) is 12.3 Å². The monoisotopic (exact) mass is 494 g/mol. The Bertz CT molecular complexity index is 869. The van der Waals surface area contributed by atoms with Gasteiger partial charge in [-0.1, -0.05) is 42.1 Å². The third-order valence-corrected chi connectivity index (χ3v) is 5.69. The molecule has 1 aliphatic rings. The molecule has 1 aromatic heterocycles. The molecule has 0 spiro atoms. The summed E-state index contributed by atoms with van der Waals surface area (Å²) >= 11 is 1.49. The van der Waals surface area contributed by atoms with Crippen LogP contribution in [0.3, 0.4) is 0 Å². The number of amides is 2.